The number of carbonyl (C=O) groups excluding carboxylic acids is 1. The molecule has 3 heterocycles. The average molecular weight is 352 g/mol. The van der Waals surface area contributed by atoms with Crippen molar-refractivity contribution in [1.29, 1.82) is 0 Å². The molecule has 102 valence electrons. The number of ether oxygens (including phenoxy) is 1. The molecule has 0 bridgehead atoms. The van der Waals surface area contributed by atoms with Crippen molar-refractivity contribution in [1.82, 2.24) is 15.0 Å². The van der Waals surface area contributed by atoms with Crippen molar-refractivity contribution >= 4 is 44.3 Å². The van der Waals surface area contributed by atoms with Gasteiger partial charge in [-0.25, -0.2) is 14.8 Å². The molecule has 0 atom stereocenters. The first-order chi connectivity index (χ1) is 9.69. The van der Waals surface area contributed by atoms with Crippen LogP contribution in [0.5, 0.6) is 0 Å². The molecule has 5 nitrogen and oxygen atoms in total. The van der Waals surface area contributed by atoms with E-state index in [0.717, 1.165) is 25.9 Å². The summed E-state index contributed by atoms with van der Waals surface area (Å²) in [6, 6.07) is 1.98. The lowest BCUT2D eigenvalue weighted by atomic mass is 10.2. The van der Waals surface area contributed by atoms with Gasteiger partial charge in [0.25, 0.3) is 0 Å². The van der Waals surface area contributed by atoms with Crippen LogP contribution in [0.15, 0.2) is 29.1 Å². The largest absolute Gasteiger partial charge is 0.461 e. The second-order valence-corrected chi connectivity index (χ2v) is 5.95. The highest BCUT2D eigenvalue weighted by atomic mass is 79.9. The van der Waals surface area contributed by atoms with Gasteiger partial charge in [-0.15, -0.1) is 11.3 Å². The van der Waals surface area contributed by atoms with Crippen LogP contribution in [-0.4, -0.2) is 27.5 Å². The number of hydrogen-bond donors (Lipinski definition) is 1. The molecule has 0 radical (unpaired) electrons. The van der Waals surface area contributed by atoms with E-state index in [2.05, 4.69) is 30.9 Å². The van der Waals surface area contributed by atoms with E-state index in [-0.39, 0.29) is 5.97 Å². The number of pyridine rings is 1. The molecule has 1 N–H and O–H groups in total. The Kier molecular flexibility index (Phi) is 3.54. The van der Waals surface area contributed by atoms with Crippen molar-refractivity contribution in [3.63, 3.8) is 0 Å². The summed E-state index contributed by atoms with van der Waals surface area (Å²) >= 11 is 4.72. The van der Waals surface area contributed by atoms with Crippen LogP contribution in [0.2, 0.25) is 0 Å². The molecule has 0 aliphatic carbocycles. The van der Waals surface area contributed by atoms with E-state index >= 15 is 0 Å². The molecule has 0 aliphatic rings. The number of carbonyl (C=O) groups is 1. The van der Waals surface area contributed by atoms with Gasteiger partial charge in [-0.2, -0.15) is 0 Å². The Morgan fingerprint density at radius 2 is 2.30 bits per heavy atom. The minimum absolute atomic E-state index is 0.345. The van der Waals surface area contributed by atoms with Crippen LogP contribution in [0, 0.1) is 0 Å². The van der Waals surface area contributed by atoms with Crippen LogP contribution < -0.4 is 0 Å². The van der Waals surface area contributed by atoms with E-state index in [1.54, 1.807) is 19.3 Å². The van der Waals surface area contributed by atoms with E-state index in [1.807, 2.05) is 12.3 Å². The Morgan fingerprint density at radius 1 is 1.45 bits per heavy atom. The zero-order chi connectivity index (χ0) is 14.1. The fourth-order valence-corrected chi connectivity index (χ4v) is 3.04. The summed E-state index contributed by atoms with van der Waals surface area (Å²) in [5, 5.41) is 1.34. The lowest BCUT2D eigenvalue weighted by Gasteiger charge is -1.96. The fraction of sp³-hybridized carbons (Fsp3) is 0.154. The third-order valence-electron chi connectivity index (χ3n) is 2.72. The van der Waals surface area contributed by atoms with Gasteiger partial charge >= 0.3 is 5.97 Å². The normalized spacial score (nSPS) is 10.9. The number of aromatic amines is 1. The van der Waals surface area contributed by atoms with Crippen LogP contribution in [0.1, 0.15) is 16.7 Å². The van der Waals surface area contributed by atoms with Gasteiger partial charge in [-0.3, -0.25) is 0 Å². The molecule has 0 aromatic carbocycles. The Labute approximate surface area is 127 Å². The number of fused-ring (bicyclic) bond motifs is 1. The lowest BCUT2D eigenvalue weighted by molar-refractivity contribution is 0.0526. The molecule has 20 heavy (non-hydrogen) atoms. The van der Waals surface area contributed by atoms with Gasteiger partial charge in [-0.1, -0.05) is 0 Å². The van der Waals surface area contributed by atoms with E-state index in [0.29, 0.717) is 11.6 Å². The molecular weight excluding hydrogens is 342 g/mol. The zero-order valence-corrected chi connectivity index (χ0v) is 12.9. The summed E-state index contributed by atoms with van der Waals surface area (Å²) in [4.78, 5) is 24.1. The molecule has 0 amide bonds. The van der Waals surface area contributed by atoms with Crippen LogP contribution >= 0.6 is 27.3 Å². The minimum Gasteiger partial charge on any atom is -0.461 e. The highest BCUT2D eigenvalue weighted by Gasteiger charge is 2.15. The van der Waals surface area contributed by atoms with Gasteiger partial charge in [0.1, 0.15) is 5.65 Å². The second kappa shape index (κ2) is 5.34. The number of hydrogen-bond acceptors (Lipinski definition) is 5. The Hall–Kier alpha value is -1.73. The first-order valence-electron chi connectivity index (χ1n) is 5.95. The first kappa shape index (κ1) is 13.3. The van der Waals surface area contributed by atoms with Crippen LogP contribution in [-0.2, 0) is 4.74 Å². The van der Waals surface area contributed by atoms with Gasteiger partial charge in [-0.05, 0) is 28.9 Å². The lowest BCUT2D eigenvalue weighted by Crippen LogP contribution is -2.03. The third-order valence-corrected chi connectivity index (χ3v) is 4.16. The summed E-state index contributed by atoms with van der Waals surface area (Å²) in [7, 11) is 0. The van der Waals surface area contributed by atoms with Crippen molar-refractivity contribution in [2.24, 2.45) is 0 Å². The molecule has 0 unspecified atom stereocenters. The Bertz CT molecular complexity index is 781. The molecular formula is C13H10BrN3O2S. The molecule has 0 saturated heterocycles. The van der Waals surface area contributed by atoms with Crippen LogP contribution in [0.4, 0.5) is 0 Å². The molecule has 0 fully saturated rings. The average Bonchev–Trinajstić information content (AvgIpc) is 3.04. The van der Waals surface area contributed by atoms with Gasteiger partial charge in [0, 0.05) is 34.0 Å². The summed E-state index contributed by atoms with van der Waals surface area (Å²) < 4.78 is 5.85. The number of rotatable bonds is 3. The Morgan fingerprint density at radius 3 is 3.10 bits per heavy atom. The van der Waals surface area contributed by atoms with Gasteiger partial charge in [0.2, 0.25) is 5.01 Å². The molecule has 3 aromatic rings. The van der Waals surface area contributed by atoms with E-state index in [9.17, 15) is 4.79 Å². The number of nitrogens with zero attached hydrogens (tertiary/aromatic N) is 2. The fourth-order valence-electron chi connectivity index (χ4n) is 1.87. The van der Waals surface area contributed by atoms with E-state index in [1.165, 1.54) is 11.3 Å². The van der Waals surface area contributed by atoms with Crippen molar-refractivity contribution < 1.29 is 9.53 Å². The van der Waals surface area contributed by atoms with Gasteiger partial charge in [0.15, 0.2) is 0 Å². The molecule has 3 aromatic heterocycles. The zero-order valence-electron chi connectivity index (χ0n) is 10.5. The van der Waals surface area contributed by atoms with Gasteiger partial charge < -0.3 is 9.72 Å². The number of H-pyrrole nitrogens is 1. The molecule has 3 rings (SSSR count). The highest BCUT2D eigenvalue weighted by molar-refractivity contribution is 9.10. The molecule has 0 spiro atoms. The van der Waals surface area contributed by atoms with Crippen molar-refractivity contribution in [2.45, 2.75) is 6.92 Å². The maximum absolute atomic E-state index is 11.6. The monoisotopic (exact) mass is 351 g/mol. The topological polar surface area (TPSA) is 67.9 Å². The first-order valence-corrected chi connectivity index (χ1v) is 7.56. The quantitative estimate of drug-likeness (QED) is 0.731. The van der Waals surface area contributed by atoms with Crippen LogP contribution in [0.3, 0.4) is 0 Å². The molecule has 0 saturated carbocycles. The summed E-state index contributed by atoms with van der Waals surface area (Å²) in [5.41, 5.74) is 1.77. The van der Waals surface area contributed by atoms with Crippen molar-refractivity contribution in [2.75, 3.05) is 6.61 Å². The van der Waals surface area contributed by atoms with Crippen LogP contribution in [0.25, 0.3) is 21.5 Å². The SMILES string of the molecule is CCOC(=O)c1ncc(-c2c[nH]c3ncc(Br)cc23)s1. The van der Waals surface area contributed by atoms with Crippen molar-refractivity contribution in [3.8, 4) is 10.4 Å². The Balaban J connectivity index is 2.03. The standard InChI is InChI=1S/C13H10BrN3O2S/c1-2-19-13(18)12-17-6-10(20-12)9-5-16-11-8(9)3-7(14)4-15-11/h3-6H,2H2,1H3,(H,15,16). The summed E-state index contributed by atoms with van der Waals surface area (Å²) in [5.74, 6) is -0.386. The highest BCUT2D eigenvalue weighted by Crippen LogP contribution is 2.33. The summed E-state index contributed by atoms with van der Waals surface area (Å²) in [6.45, 7) is 2.12. The summed E-state index contributed by atoms with van der Waals surface area (Å²) in [6.07, 6.45) is 5.28. The van der Waals surface area contributed by atoms with E-state index in [4.69, 9.17) is 4.74 Å². The molecule has 0 aliphatic heterocycles. The smallest absolute Gasteiger partial charge is 0.367 e. The number of nitrogens with one attached hydrogen (secondary N) is 1. The van der Waals surface area contributed by atoms with Gasteiger partial charge in [0.05, 0.1) is 11.5 Å². The van der Waals surface area contributed by atoms with E-state index < -0.39 is 0 Å². The predicted molar refractivity (Wildman–Crippen MR) is 80.9 cm³/mol. The number of esters is 1. The predicted octanol–water partition coefficient (Wildman–Crippen LogP) is 3.63. The molecule has 7 heteroatoms. The minimum atomic E-state index is -0.386. The maximum atomic E-state index is 11.6. The second-order valence-electron chi connectivity index (χ2n) is 4.00. The number of halogens is 1. The number of aromatic nitrogens is 3. The number of thiazole rings is 1. The maximum Gasteiger partial charge on any atom is 0.367 e. The van der Waals surface area contributed by atoms with Crippen molar-refractivity contribution in [3.05, 3.63) is 34.1 Å². The third kappa shape index (κ3) is 2.34.